The minimum atomic E-state index is -4.14. The Kier molecular flexibility index (Phi) is 35.5. The molecule has 12 radical (unpaired) electrons. The van der Waals surface area contributed by atoms with E-state index in [-0.39, 0.29) is 39.6 Å². The van der Waals surface area contributed by atoms with Crippen molar-refractivity contribution < 1.29 is 136 Å². The normalized spacial score (nSPS) is 40.3. The minimum absolute atomic E-state index is 0.0377. The van der Waals surface area contributed by atoms with Gasteiger partial charge in [-0.25, -0.2) is 8.78 Å². The number of hydrogen-bond donors (Lipinski definition) is 0. The quantitative estimate of drug-likeness (QED) is 0.0270. The Morgan fingerprint density at radius 1 is 0.388 bits per heavy atom. The van der Waals surface area contributed by atoms with Crippen LogP contribution in [0, 0.1) is 0 Å². The molecule has 0 aromatic heterocycles. The van der Waals surface area contributed by atoms with E-state index in [0.29, 0.717) is 19.8 Å². The molecule has 6 fully saturated rings. The van der Waals surface area contributed by atoms with Crippen LogP contribution in [0.25, 0.3) is 0 Å². The van der Waals surface area contributed by atoms with Crippen molar-refractivity contribution in [3.8, 4) is 0 Å². The Balaban J connectivity index is 0.000000276. The molecule has 0 saturated carbocycles. The number of methoxy groups -OCH3 is 10. The highest BCUT2D eigenvalue weighted by Gasteiger charge is 2.50. The van der Waals surface area contributed by atoms with E-state index in [2.05, 4.69) is 0 Å². The van der Waals surface area contributed by atoms with E-state index < -0.39 is 173 Å². The molecule has 27 atom stereocenters. The van der Waals surface area contributed by atoms with E-state index in [1.54, 1.807) is 14.2 Å². The van der Waals surface area contributed by atoms with Gasteiger partial charge in [0.25, 0.3) is 0 Å². The van der Waals surface area contributed by atoms with E-state index >= 15 is 0 Å². The summed E-state index contributed by atoms with van der Waals surface area (Å²) in [6.45, 7) is -11.3. The maximum absolute atomic E-state index is 14.1. The molecule has 0 aromatic rings. The summed E-state index contributed by atoms with van der Waals surface area (Å²) >= 11 is 14.9. The Hall–Kier alpha value is 1.09. The van der Waals surface area contributed by atoms with Crippen molar-refractivity contribution in [2.75, 3.05) is 137 Å². The predicted molar refractivity (Wildman–Crippen MR) is 305 cm³/mol. The molecule has 0 N–H and O–H groups in total. The second-order valence-corrected chi connectivity index (χ2v) is 27.3. The molecule has 6 rings (SSSR count). The molecule has 6 saturated heterocycles. The van der Waals surface area contributed by atoms with Crippen molar-refractivity contribution in [2.45, 2.75) is 146 Å². The predicted octanol–water partition coefficient (Wildman–Crippen LogP) is -2.90. The van der Waals surface area contributed by atoms with Crippen molar-refractivity contribution in [3.63, 3.8) is 0 Å². The van der Waals surface area contributed by atoms with Crippen LogP contribution in [0.3, 0.4) is 0 Å². The summed E-state index contributed by atoms with van der Waals surface area (Å²) in [5.74, 6) is 0. The van der Waals surface area contributed by atoms with Gasteiger partial charge in [0.15, 0.2) is 6.80 Å². The van der Waals surface area contributed by atoms with Gasteiger partial charge in [0.1, 0.15) is 171 Å². The molecule has 27 nitrogen and oxygen atoms in total. The van der Waals surface area contributed by atoms with Crippen molar-refractivity contribution in [3.05, 3.63) is 0 Å². The number of alkyl halides is 2. The molecule has 6 aliphatic heterocycles. The molecule has 41 heteroatoms. The van der Waals surface area contributed by atoms with Gasteiger partial charge < -0.3 is 134 Å². The van der Waals surface area contributed by atoms with E-state index in [4.69, 9.17) is 195 Å². The lowest BCUT2D eigenvalue weighted by molar-refractivity contribution is -0.219. The SMILES string of the molecule is [B][C@@H]1O[C@H](COP(=O)([S-])OC2[C@@H](COC)O[C@@H]([B])[C@H]2OC)C(OC)[C@@H]1OC.[B][C@@H]1O[C@H](COP([O-])(=S)OC2[C@@H](COC)O[C@@H]([B])[C@H]2F)C(OC)[C@@H]1F.[B][C@@H]1O[C@H](COP([O-])(=S)OC2[C@@H](COC)O[C@@H]([B])[C@H]2OCCOC)C(OC)[C@@H]1OCCOC. The van der Waals surface area contributed by atoms with Gasteiger partial charge in [0.05, 0.1) is 78.1 Å². The maximum atomic E-state index is 14.1. The van der Waals surface area contributed by atoms with Crippen LogP contribution in [0.15, 0.2) is 0 Å². The molecule has 6 aliphatic rings. The summed E-state index contributed by atoms with van der Waals surface area (Å²) in [7, 11) is 49.3. The minimum Gasteiger partial charge on any atom is -0.780 e. The van der Waals surface area contributed by atoms with Crippen LogP contribution >= 0.6 is 20.2 Å². The fraction of sp³-hybridized carbons (Fsp3) is 1.00. The first kappa shape index (κ1) is 78.5. The van der Waals surface area contributed by atoms with Crippen LogP contribution < -0.4 is 9.79 Å². The third-order valence-electron chi connectivity index (χ3n) is 13.5. The summed E-state index contributed by atoms with van der Waals surface area (Å²) in [6.07, 6.45) is -15.3. The lowest BCUT2D eigenvalue weighted by Crippen LogP contribution is -2.41. The highest BCUT2D eigenvalue weighted by Crippen LogP contribution is 2.51. The monoisotopic (exact) mass is 1330 g/mol. The third kappa shape index (κ3) is 23.2. The van der Waals surface area contributed by atoms with Gasteiger partial charge >= 0.3 is 0 Å². The number of ether oxygens (including phenoxy) is 18. The molecule has 85 heavy (non-hydrogen) atoms. The van der Waals surface area contributed by atoms with Crippen molar-refractivity contribution in [1.29, 1.82) is 0 Å². The fourth-order valence-corrected chi connectivity index (χ4v) is 13.8. The smallest absolute Gasteiger partial charge is 0.200 e. The van der Waals surface area contributed by atoms with Gasteiger partial charge in [-0.1, -0.05) is 23.6 Å². The summed E-state index contributed by atoms with van der Waals surface area (Å²) < 4.78 is 168. The Bertz CT molecular complexity index is 2060. The molecule has 0 aromatic carbocycles. The zero-order chi connectivity index (χ0) is 63.4. The molecular weight excluding hydrogens is 1250 g/mol. The summed E-state index contributed by atoms with van der Waals surface area (Å²) in [6, 6.07) is -5.54. The number of rotatable bonds is 34. The molecule has 480 valence electrons. The lowest BCUT2D eigenvalue weighted by Gasteiger charge is -2.35. The first-order valence-electron chi connectivity index (χ1n) is 26.2. The topological polar surface area (TPSA) is 285 Å². The Labute approximate surface area is 519 Å². The van der Waals surface area contributed by atoms with Gasteiger partial charge in [0, 0.05) is 95.1 Å². The fourth-order valence-electron chi connectivity index (χ4n) is 9.53. The van der Waals surface area contributed by atoms with Gasteiger partial charge in [0.2, 0.25) is 0 Å². The zero-order valence-electron chi connectivity index (χ0n) is 48.7. The number of halogens is 2. The van der Waals surface area contributed by atoms with Crippen molar-refractivity contribution in [1.82, 2.24) is 0 Å². The Morgan fingerprint density at radius 3 is 1.08 bits per heavy atom. The van der Waals surface area contributed by atoms with E-state index in [1.165, 1.54) is 56.9 Å². The highest BCUT2D eigenvalue weighted by molar-refractivity contribution is 8.32. The maximum Gasteiger partial charge on any atom is 0.200 e. The summed E-state index contributed by atoms with van der Waals surface area (Å²) in [5.41, 5.74) is 0. The largest absolute Gasteiger partial charge is 0.780 e. The van der Waals surface area contributed by atoms with Gasteiger partial charge in [-0.05, 0) is 0 Å². The van der Waals surface area contributed by atoms with Crippen molar-refractivity contribution in [2.24, 2.45) is 0 Å². The number of hydrogen-bond acceptors (Lipinski definition) is 30. The van der Waals surface area contributed by atoms with Crippen LogP contribution in [0.5, 0.6) is 0 Å². The van der Waals surface area contributed by atoms with E-state index in [1.807, 2.05) is 0 Å². The summed E-state index contributed by atoms with van der Waals surface area (Å²) in [5, 5.41) is 0. The van der Waals surface area contributed by atoms with Crippen molar-refractivity contribution >= 4 is 103 Å². The average molecular weight is 1330 g/mol. The lowest BCUT2D eigenvalue weighted by atomic mass is 9.93. The second kappa shape index (κ2) is 38.5. The average Bonchev–Trinajstić information content (AvgIpc) is 4.09. The van der Waals surface area contributed by atoms with Crippen LogP contribution in [-0.2, 0) is 153 Å². The van der Waals surface area contributed by atoms with Gasteiger partial charge in [-0.3, -0.25) is 4.57 Å². The highest BCUT2D eigenvalue weighted by atomic mass is 32.7. The first-order valence-corrected chi connectivity index (χ1v) is 33.9. The van der Waals surface area contributed by atoms with Gasteiger partial charge in [-0.2, -0.15) is 0 Å². The molecule has 0 spiro atoms. The second-order valence-electron chi connectivity index (χ2n) is 19.2. The molecule has 6 heterocycles. The Morgan fingerprint density at radius 2 is 0.682 bits per heavy atom. The molecule has 0 aliphatic carbocycles. The third-order valence-corrected chi connectivity index (χ3v) is 18.2. The van der Waals surface area contributed by atoms with E-state index in [0.717, 1.165) is 0 Å². The van der Waals surface area contributed by atoms with Crippen LogP contribution in [0.2, 0.25) is 0 Å². The summed E-state index contributed by atoms with van der Waals surface area (Å²) in [4.78, 5) is 25.3. The van der Waals surface area contributed by atoms with Crippen LogP contribution in [-0.4, -0.2) is 330 Å². The molecule has 0 bridgehead atoms. The van der Waals surface area contributed by atoms with E-state index in [9.17, 15) is 23.1 Å². The molecular formula is C44H74B6F2O27P3S3-3. The standard InChI is InChI=1S/C18H33B2O11PS.C14H25B2O9PS.C12H19B2F2O7PS/c1-22-5-7-26-15-13(25-4)12(30-17(15)19)10-28-32(21,33)31-14-11(9-24-3)29-18(20)16(14)27-8-6-23-2;1-18-5-7-10(12(21-4)14(16)23-7)25-26(17,27)22-6-8-9(19-2)11(20-3)13(15)24-8;1-18-3-5-10(8(16)12(14)21-5)23-24(17,25)20-4-6-9(19-2)7(15)11(13)22-6/h11-18H,5-10H2,1-4H3,(H,21,33);7-14H,5-6H2,1-4H3,(H,17,27);5-12H,3-4H2,1-2H3,(H,17,25)/p-3/t11-,12-,13?,14?,15+,16+,17-,18-,32?;7-,8-,9?,10?,11+,12+,13-,14-,26?;5-,6-,7+,8+,9?,10?,11-,12-,24?/m111/s1. The zero-order valence-corrected chi connectivity index (χ0v) is 53.9. The van der Waals surface area contributed by atoms with Crippen LogP contribution in [0.4, 0.5) is 8.78 Å². The van der Waals surface area contributed by atoms with Gasteiger partial charge in [-0.15, -0.1) is 0 Å². The van der Waals surface area contributed by atoms with Crippen LogP contribution in [0.1, 0.15) is 0 Å². The molecule has 9 unspecified atom stereocenters. The first-order chi connectivity index (χ1) is 40.2. The molecule has 0 amide bonds.